The Bertz CT molecular complexity index is 373. The van der Waals surface area contributed by atoms with Crippen molar-refractivity contribution >= 4 is 0 Å². The van der Waals surface area contributed by atoms with Crippen molar-refractivity contribution in [1.82, 2.24) is 5.32 Å². The summed E-state index contributed by atoms with van der Waals surface area (Å²) in [6, 6.07) is 8.66. The molecule has 0 aliphatic heterocycles. The van der Waals surface area contributed by atoms with Crippen LogP contribution in [0.3, 0.4) is 0 Å². The molecular weight excluding hydrogens is 250 g/mol. The van der Waals surface area contributed by atoms with Gasteiger partial charge in [0.05, 0.1) is 12.7 Å². The molecule has 1 aromatic rings. The molecular formula is C17H29NO2. The van der Waals surface area contributed by atoms with Crippen molar-refractivity contribution in [2.45, 2.75) is 51.7 Å². The van der Waals surface area contributed by atoms with E-state index in [9.17, 15) is 0 Å². The van der Waals surface area contributed by atoms with Gasteiger partial charge in [-0.25, -0.2) is 0 Å². The molecule has 0 spiro atoms. The van der Waals surface area contributed by atoms with Gasteiger partial charge in [0.1, 0.15) is 5.75 Å². The Morgan fingerprint density at radius 2 is 1.80 bits per heavy atom. The average Bonchev–Trinajstić information content (AvgIpc) is 2.47. The monoisotopic (exact) mass is 279 g/mol. The Morgan fingerprint density at radius 3 is 2.30 bits per heavy atom. The zero-order chi connectivity index (χ0) is 15.0. The van der Waals surface area contributed by atoms with Crippen LogP contribution in [-0.4, -0.2) is 32.4 Å². The SMILES string of the molecule is CCCNC(CCc1ccc(OC)cc1)C(C)(C)OC. The second kappa shape index (κ2) is 8.28. The summed E-state index contributed by atoms with van der Waals surface area (Å²) in [5.74, 6) is 0.909. The average molecular weight is 279 g/mol. The lowest BCUT2D eigenvalue weighted by Crippen LogP contribution is -2.48. The first kappa shape index (κ1) is 17.0. The Hall–Kier alpha value is -1.06. The van der Waals surface area contributed by atoms with Crippen LogP contribution in [0.5, 0.6) is 5.75 Å². The first-order valence-electron chi connectivity index (χ1n) is 7.45. The Kier molecular flexibility index (Phi) is 7.03. The minimum absolute atomic E-state index is 0.151. The number of benzene rings is 1. The number of hydrogen-bond donors (Lipinski definition) is 1. The van der Waals surface area contributed by atoms with E-state index >= 15 is 0 Å². The van der Waals surface area contributed by atoms with E-state index in [-0.39, 0.29) is 5.60 Å². The van der Waals surface area contributed by atoms with Crippen LogP contribution in [0.15, 0.2) is 24.3 Å². The first-order valence-corrected chi connectivity index (χ1v) is 7.45. The van der Waals surface area contributed by atoms with Gasteiger partial charge in [-0.15, -0.1) is 0 Å². The predicted octanol–water partition coefficient (Wildman–Crippen LogP) is 3.42. The van der Waals surface area contributed by atoms with E-state index in [1.54, 1.807) is 14.2 Å². The fourth-order valence-corrected chi connectivity index (χ4v) is 2.26. The van der Waals surface area contributed by atoms with Crippen LogP contribution in [-0.2, 0) is 11.2 Å². The molecule has 0 heterocycles. The number of aryl methyl sites for hydroxylation is 1. The van der Waals surface area contributed by atoms with Gasteiger partial charge in [-0.3, -0.25) is 0 Å². The summed E-state index contributed by atoms with van der Waals surface area (Å²) in [7, 11) is 3.48. The van der Waals surface area contributed by atoms with E-state index in [0.29, 0.717) is 6.04 Å². The number of hydrogen-bond acceptors (Lipinski definition) is 3. The van der Waals surface area contributed by atoms with Gasteiger partial charge >= 0.3 is 0 Å². The van der Waals surface area contributed by atoms with E-state index in [2.05, 4.69) is 38.2 Å². The molecule has 114 valence electrons. The quantitative estimate of drug-likeness (QED) is 0.751. The highest BCUT2D eigenvalue weighted by atomic mass is 16.5. The predicted molar refractivity (Wildman–Crippen MR) is 84.5 cm³/mol. The topological polar surface area (TPSA) is 30.5 Å². The summed E-state index contributed by atoms with van der Waals surface area (Å²) in [5.41, 5.74) is 1.18. The van der Waals surface area contributed by atoms with Crippen molar-refractivity contribution in [3.8, 4) is 5.75 Å². The normalized spacial score (nSPS) is 13.2. The maximum absolute atomic E-state index is 5.64. The standard InChI is InChI=1S/C17H29NO2/c1-6-13-18-16(17(2,3)20-5)12-9-14-7-10-15(19-4)11-8-14/h7-8,10-11,16,18H,6,9,12-13H2,1-5H3. The van der Waals surface area contributed by atoms with E-state index in [0.717, 1.165) is 31.6 Å². The zero-order valence-corrected chi connectivity index (χ0v) is 13.5. The van der Waals surface area contributed by atoms with Gasteiger partial charge in [0, 0.05) is 13.2 Å². The molecule has 0 bridgehead atoms. The molecule has 0 saturated heterocycles. The molecule has 0 aliphatic rings. The van der Waals surface area contributed by atoms with Crippen molar-refractivity contribution in [2.75, 3.05) is 20.8 Å². The smallest absolute Gasteiger partial charge is 0.118 e. The minimum Gasteiger partial charge on any atom is -0.497 e. The molecule has 0 fully saturated rings. The third-order valence-corrected chi connectivity index (χ3v) is 3.89. The lowest BCUT2D eigenvalue weighted by atomic mass is 9.92. The molecule has 0 aliphatic carbocycles. The maximum atomic E-state index is 5.64. The summed E-state index contributed by atoms with van der Waals surface area (Å²) in [6.07, 6.45) is 3.24. The van der Waals surface area contributed by atoms with Crippen molar-refractivity contribution in [3.63, 3.8) is 0 Å². The van der Waals surface area contributed by atoms with Gasteiger partial charge < -0.3 is 14.8 Å². The molecule has 1 N–H and O–H groups in total. The highest BCUT2D eigenvalue weighted by Crippen LogP contribution is 2.20. The molecule has 20 heavy (non-hydrogen) atoms. The maximum Gasteiger partial charge on any atom is 0.118 e. The lowest BCUT2D eigenvalue weighted by Gasteiger charge is -2.34. The third kappa shape index (κ3) is 5.14. The zero-order valence-electron chi connectivity index (χ0n) is 13.5. The summed E-state index contributed by atoms with van der Waals surface area (Å²) >= 11 is 0. The largest absolute Gasteiger partial charge is 0.497 e. The fourth-order valence-electron chi connectivity index (χ4n) is 2.26. The molecule has 1 atom stereocenters. The van der Waals surface area contributed by atoms with Gasteiger partial charge in [0.2, 0.25) is 0 Å². The summed E-state index contributed by atoms with van der Waals surface area (Å²) < 4.78 is 10.8. The molecule has 1 unspecified atom stereocenters. The molecule has 0 saturated carbocycles. The first-order chi connectivity index (χ1) is 9.53. The van der Waals surface area contributed by atoms with Gasteiger partial charge in [0.15, 0.2) is 0 Å². The van der Waals surface area contributed by atoms with Crippen LogP contribution in [0.25, 0.3) is 0 Å². The van der Waals surface area contributed by atoms with E-state index < -0.39 is 0 Å². The van der Waals surface area contributed by atoms with Gasteiger partial charge in [-0.05, 0) is 57.4 Å². The van der Waals surface area contributed by atoms with Crippen molar-refractivity contribution in [1.29, 1.82) is 0 Å². The molecule has 3 heteroatoms. The Morgan fingerprint density at radius 1 is 1.15 bits per heavy atom. The highest BCUT2D eigenvalue weighted by molar-refractivity contribution is 5.27. The molecule has 1 aromatic carbocycles. The molecule has 0 radical (unpaired) electrons. The summed E-state index contributed by atoms with van der Waals surface area (Å²) in [5, 5.41) is 3.60. The number of methoxy groups -OCH3 is 2. The summed E-state index contributed by atoms with van der Waals surface area (Å²) in [4.78, 5) is 0. The van der Waals surface area contributed by atoms with Crippen LogP contribution in [0.1, 0.15) is 39.2 Å². The van der Waals surface area contributed by atoms with Crippen LogP contribution < -0.4 is 10.1 Å². The lowest BCUT2D eigenvalue weighted by molar-refractivity contribution is -0.0123. The van der Waals surface area contributed by atoms with Crippen LogP contribution in [0, 0.1) is 0 Å². The van der Waals surface area contributed by atoms with Gasteiger partial charge in [-0.1, -0.05) is 19.1 Å². The second-order valence-corrected chi connectivity index (χ2v) is 5.70. The van der Waals surface area contributed by atoms with Crippen LogP contribution in [0.4, 0.5) is 0 Å². The van der Waals surface area contributed by atoms with E-state index in [4.69, 9.17) is 9.47 Å². The number of rotatable bonds is 9. The van der Waals surface area contributed by atoms with Crippen molar-refractivity contribution in [3.05, 3.63) is 29.8 Å². The van der Waals surface area contributed by atoms with Gasteiger partial charge in [-0.2, -0.15) is 0 Å². The minimum atomic E-state index is -0.151. The van der Waals surface area contributed by atoms with Gasteiger partial charge in [0.25, 0.3) is 0 Å². The molecule has 3 nitrogen and oxygen atoms in total. The third-order valence-electron chi connectivity index (χ3n) is 3.89. The molecule has 0 amide bonds. The fraction of sp³-hybridized carbons (Fsp3) is 0.647. The molecule has 1 rings (SSSR count). The summed E-state index contributed by atoms with van der Waals surface area (Å²) in [6.45, 7) is 7.51. The number of ether oxygens (including phenoxy) is 2. The van der Waals surface area contributed by atoms with E-state index in [1.807, 2.05) is 12.1 Å². The highest BCUT2D eigenvalue weighted by Gasteiger charge is 2.28. The Labute approximate surface area is 123 Å². The number of nitrogens with one attached hydrogen (secondary N) is 1. The van der Waals surface area contributed by atoms with Crippen molar-refractivity contribution < 1.29 is 9.47 Å². The second-order valence-electron chi connectivity index (χ2n) is 5.70. The molecule has 0 aromatic heterocycles. The van der Waals surface area contributed by atoms with Crippen molar-refractivity contribution in [2.24, 2.45) is 0 Å². The van der Waals surface area contributed by atoms with Crippen LogP contribution >= 0.6 is 0 Å². The van der Waals surface area contributed by atoms with Crippen LogP contribution in [0.2, 0.25) is 0 Å². The Balaban J connectivity index is 2.60. The van der Waals surface area contributed by atoms with E-state index in [1.165, 1.54) is 5.56 Å².